The van der Waals surface area contributed by atoms with Crippen LogP contribution < -0.4 is 9.47 Å². The molecule has 0 fully saturated rings. The normalized spacial score (nSPS) is 12.0. The van der Waals surface area contributed by atoms with Crippen LogP contribution in [0.15, 0.2) is 17.0 Å². The second-order valence-corrected chi connectivity index (χ2v) is 5.18. The molecule has 1 rings (SSSR count). The minimum absolute atomic E-state index is 0.496. The van der Waals surface area contributed by atoms with Gasteiger partial charge in [0.25, 0.3) is 0 Å². The first-order valence-electron chi connectivity index (χ1n) is 5.54. The minimum atomic E-state index is 0.496. The van der Waals surface area contributed by atoms with Crippen molar-refractivity contribution in [1.29, 1.82) is 0 Å². The van der Waals surface area contributed by atoms with E-state index in [0.717, 1.165) is 23.4 Å². The fraction of sp³-hybridized carbons (Fsp3) is 0.462. The molecule has 94 valence electrons. The summed E-state index contributed by atoms with van der Waals surface area (Å²) in [6, 6.07) is 3.58. The summed E-state index contributed by atoms with van der Waals surface area (Å²) in [4.78, 5) is 11.9. The van der Waals surface area contributed by atoms with Gasteiger partial charge in [-0.2, -0.15) is 0 Å². The van der Waals surface area contributed by atoms with Crippen LogP contribution in [0.25, 0.3) is 0 Å². The van der Waals surface area contributed by atoms with Gasteiger partial charge < -0.3 is 9.47 Å². The Morgan fingerprint density at radius 2 is 1.94 bits per heavy atom. The first-order chi connectivity index (χ1) is 8.15. The number of benzene rings is 1. The summed E-state index contributed by atoms with van der Waals surface area (Å²) in [5.74, 6) is 1.31. The quantitative estimate of drug-likeness (QED) is 0.575. The number of carbonyl (C=O) groups excluding carboxylic acids is 1. The van der Waals surface area contributed by atoms with E-state index < -0.39 is 0 Å². The molecular weight excluding hydrogens is 236 g/mol. The molecule has 17 heavy (non-hydrogen) atoms. The number of rotatable bonds is 6. The summed E-state index contributed by atoms with van der Waals surface area (Å²) < 4.78 is 10.5. The number of ether oxygens (including phenoxy) is 2. The van der Waals surface area contributed by atoms with E-state index in [2.05, 4.69) is 13.8 Å². The molecule has 1 atom stereocenters. The number of hydrogen-bond donors (Lipinski definition) is 0. The van der Waals surface area contributed by atoms with Gasteiger partial charge in [0.05, 0.1) is 24.7 Å². The van der Waals surface area contributed by atoms with Gasteiger partial charge in [-0.15, -0.1) is 11.8 Å². The van der Waals surface area contributed by atoms with E-state index >= 15 is 0 Å². The third kappa shape index (κ3) is 3.40. The van der Waals surface area contributed by atoms with Crippen LogP contribution in [-0.2, 0) is 0 Å². The molecule has 1 aromatic carbocycles. The summed E-state index contributed by atoms with van der Waals surface area (Å²) in [6.07, 6.45) is 1.85. The number of hydrogen-bond acceptors (Lipinski definition) is 4. The molecule has 0 aliphatic carbocycles. The van der Waals surface area contributed by atoms with Crippen molar-refractivity contribution in [2.24, 2.45) is 0 Å². The van der Waals surface area contributed by atoms with Crippen molar-refractivity contribution in [2.75, 3.05) is 14.2 Å². The smallest absolute Gasteiger partial charge is 0.153 e. The fourth-order valence-electron chi connectivity index (χ4n) is 1.38. The first-order valence-corrected chi connectivity index (χ1v) is 6.42. The van der Waals surface area contributed by atoms with Crippen molar-refractivity contribution in [3.05, 3.63) is 17.7 Å². The van der Waals surface area contributed by atoms with E-state index in [1.807, 2.05) is 6.07 Å². The second-order valence-electron chi connectivity index (χ2n) is 3.70. The molecule has 1 aromatic rings. The molecule has 0 aromatic heterocycles. The van der Waals surface area contributed by atoms with Crippen LogP contribution in [0.2, 0.25) is 0 Å². The highest BCUT2D eigenvalue weighted by atomic mass is 32.2. The van der Waals surface area contributed by atoms with Crippen molar-refractivity contribution in [3.63, 3.8) is 0 Å². The standard InChI is InChI=1S/C13H18O3S/c1-5-9(2)17-13-7-11(15-3)10(8-14)6-12(13)16-4/h6-9H,5H2,1-4H3. The van der Waals surface area contributed by atoms with Crippen LogP contribution in [-0.4, -0.2) is 25.8 Å². The molecule has 0 N–H and O–H groups in total. The molecule has 0 radical (unpaired) electrons. The summed E-state index contributed by atoms with van der Waals surface area (Å²) in [5.41, 5.74) is 0.512. The Hall–Kier alpha value is -1.16. The van der Waals surface area contributed by atoms with E-state index in [1.165, 1.54) is 0 Å². The van der Waals surface area contributed by atoms with Crippen LogP contribution in [0.3, 0.4) is 0 Å². The molecule has 0 saturated carbocycles. The Morgan fingerprint density at radius 1 is 1.29 bits per heavy atom. The van der Waals surface area contributed by atoms with Crippen molar-refractivity contribution in [2.45, 2.75) is 30.4 Å². The lowest BCUT2D eigenvalue weighted by atomic mass is 10.2. The molecule has 0 heterocycles. The molecule has 0 saturated heterocycles. The summed E-state index contributed by atoms with van der Waals surface area (Å²) in [5, 5.41) is 0.496. The van der Waals surface area contributed by atoms with Gasteiger partial charge in [-0.1, -0.05) is 13.8 Å². The fourth-order valence-corrected chi connectivity index (χ4v) is 2.41. The number of carbonyl (C=O) groups is 1. The second kappa shape index (κ2) is 6.55. The van der Waals surface area contributed by atoms with Crippen molar-refractivity contribution in [3.8, 4) is 11.5 Å². The van der Waals surface area contributed by atoms with Gasteiger partial charge in [0.1, 0.15) is 11.5 Å². The highest BCUT2D eigenvalue weighted by Gasteiger charge is 2.13. The average Bonchev–Trinajstić information content (AvgIpc) is 2.37. The number of methoxy groups -OCH3 is 2. The lowest BCUT2D eigenvalue weighted by Crippen LogP contribution is -1.98. The average molecular weight is 254 g/mol. The van der Waals surface area contributed by atoms with E-state index in [1.54, 1.807) is 32.0 Å². The Kier molecular flexibility index (Phi) is 5.35. The topological polar surface area (TPSA) is 35.5 Å². The highest BCUT2D eigenvalue weighted by molar-refractivity contribution is 8.00. The molecule has 1 unspecified atom stereocenters. The number of thioether (sulfide) groups is 1. The van der Waals surface area contributed by atoms with E-state index in [4.69, 9.17) is 9.47 Å². The van der Waals surface area contributed by atoms with Crippen LogP contribution >= 0.6 is 11.8 Å². The molecule has 0 spiro atoms. The van der Waals surface area contributed by atoms with Gasteiger partial charge in [-0.25, -0.2) is 0 Å². The van der Waals surface area contributed by atoms with E-state index in [9.17, 15) is 4.79 Å². The molecule has 3 nitrogen and oxygen atoms in total. The maximum atomic E-state index is 10.9. The van der Waals surface area contributed by atoms with Gasteiger partial charge in [-0.3, -0.25) is 4.79 Å². The Morgan fingerprint density at radius 3 is 2.41 bits per heavy atom. The summed E-state index contributed by atoms with van der Waals surface area (Å²) in [7, 11) is 3.17. The highest BCUT2D eigenvalue weighted by Crippen LogP contribution is 2.37. The summed E-state index contributed by atoms with van der Waals surface area (Å²) in [6.45, 7) is 4.30. The lowest BCUT2D eigenvalue weighted by molar-refractivity contribution is 0.112. The number of aldehydes is 1. The largest absolute Gasteiger partial charge is 0.496 e. The van der Waals surface area contributed by atoms with E-state index in [0.29, 0.717) is 16.6 Å². The van der Waals surface area contributed by atoms with E-state index in [-0.39, 0.29) is 0 Å². The molecule has 0 bridgehead atoms. The van der Waals surface area contributed by atoms with Gasteiger partial charge in [0.15, 0.2) is 6.29 Å². The Bertz CT molecular complexity index is 390. The maximum Gasteiger partial charge on any atom is 0.153 e. The first kappa shape index (κ1) is 13.9. The SMILES string of the molecule is CCC(C)Sc1cc(OC)c(C=O)cc1OC. The Balaban J connectivity index is 3.14. The van der Waals surface area contributed by atoms with Gasteiger partial charge in [-0.05, 0) is 18.6 Å². The predicted molar refractivity (Wildman–Crippen MR) is 70.5 cm³/mol. The third-order valence-corrected chi connectivity index (χ3v) is 3.85. The van der Waals surface area contributed by atoms with Crippen LogP contribution in [0.4, 0.5) is 0 Å². The minimum Gasteiger partial charge on any atom is -0.496 e. The third-order valence-electron chi connectivity index (χ3n) is 2.55. The van der Waals surface area contributed by atoms with Crippen molar-refractivity contribution >= 4 is 18.0 Å². The monoisotopic (exact) mass is 254 g/mol. The molecular formula is C13H18O3S. The van der Waals surface area contributed by atoms with Crippen molar-refractivity contribution < 1.29 is 14.3 Å². The zero-order chi connectivity index (χ0) is 12.8. The predicted octanol–water partition coefficient (Wildman–Crippen LogP) is 3.41. The zero-order valence-corrected chi connectivity index (χ0v) is 11.5. The van der Waals surface area contributed by atoms with Gasteiger partial charge in [0, 0.05) is 5.25 Å². The molecule has 4 heteroatoms. The lowest BCUT2D eigenvalue weighted by Gasteiger charge is -2.14. The maximum absolute atomic E-state index is 10.9. The molecule has 0 amide bonds. The van der Waals surface area contributed by atoms with Crippen LogP contribution in [0.5, 0.6) is 11.5 Å². The van der Waals surface area contributed by atoms with Gasteiger partial charge >= 0.3 is 0 Å². The Labute approximate surface area is 106 Å². The van der Waals surface area contributed by atoms with Gasteiger partial charge in [0.2, 0.25) is 0 Å². The van der Waals surface area contributed by atoms with Crippen molar-refractivity contribution in [1.82, 2.24) is 0 Å². The van der Waals surface area contributed by atoms with Crippen LogP contribution in [0, 0.1) is 0 Å². The zero-order valence-electron chi connectivity index (χ0n) is 10.6. The van der Waals surface area contributed by atoms with Crippen LogP contribution in [0.1, 0.15) is 30.6 Å². The summed E-state index contributed by atoms with van der Waals surface area (Å²) >= 11 is 1.72. The molecule has 0 aliphatic heterocycles. The molecule has 0 aliphatic rings.